The maximum atomic E-state index is 12.4. The third-order valence-corrected chi connectivity index (χ3v) is 4.68. The molecule has 1 aromatic carbocycles. The highest BCUT2D eigenvalue weighted by atomic mass is 16.5. The Morgan fingerprint density at radius 1 is 1.29 bits per heavy atom. The summed E-state index contributed by atoms with van der Waals surface area (Å²) < 4.78 is 5.13. The fourth-order valence-electron chi connectivity index (χ4n) is 3.36. The van der Waals surface area contributed by atoms with Gasteiger partial charge in [0.25, 0.3) is 0 Å². The number of aliphatic hydroxyl groups excluding tert-OH is 1. The molecule has 1 spiro atoms. The van der Waals surface area contributed by atoms with Crippen molar-refractivity contribution in [2.24, 2.45) is 5.41 Å². The Morgan fingerprint density at radius 3 is 2.43 bits per heavy atom. The summed E-state index contributed by atoms with van der Waals surface area (Å²) in [6.45, 7) is 1.51. The van der Waals surface area contributed by atoms with Gasteiger partial charge in [-0.2, -0.15) is 0 Å². The molecule has 4 nitrogen and oxygen atoms in total. The standard InChI is InChI=1S/C16H21NO3.CH4/c1-20-14-4-2-12(3-5-14)10-17-11-16(15(17)19)8-6-13(18)7-9-16;/h2-5,13,18H,6-11H2,1H3;1H4. The number of nitrogens with zero attached hydrogens (tertiary/aromatic N) is 1. The van der Waals surface area contributed by atoms with Gasteiger partial charge in [-0.15, -0.1) is 0 Å². The molecule has 0 atom stereocenters. The quantitative estimate of drug-likeness (QED) is 0.871. The molecule has 21 heavy (non-hydrogen) atoms. The summed E-state index contributed by atoms with van der Waals surface area (Å²) in [5.74, 6) is 1.10. The minimum Gasteiger partial charge on any atom is -0.497 e. The first-order valence-corrected chi connectivity index (χ1v) is 7.23. The van der Waals surface area contributed by atoms with Crippen molar-refractivity contribution in [2.75, 3.05) is 13.7 Å². The minimum absolute atomic E-state index is 0. The average molecular weight is 291 g/mol. The molecule has 0 bridgehead atoms. The molecule has 2 aliphatic rings. The van der Waals surface area contributed by atoms with Crippen LogP contribution in [0.15, 0.2) is 24.3 Å². The first-order chi connectivity index (χ1) is 9.63. The lowest BCUT2D eigenvalue weighted by Gasteiger charge is -2.51. The van der Waals surface area contributed by atoms with Crippen LogP contribution in [0.1, 0.15) is 38.7 Å². The molecule has 1 aliphatic carbocycles. The molecule has 0 aromatic heterocycles. The van der Waals surface area contributed by atoms with Crippen molar-refractivity contribution in [3.8, 4) is 5.75 Å². The highest BCUT2D eigenvalue weighted by Gasteiger charge is 2.52. The second-order valence-electron chi connectivity index (χ2n) is 6.02. The van der Waals surface area contributed by atoms with E-state index in [0.29, 0.717) is 6.54 Å². The van der Waals surface area contributed by atoms with Crippen LogP contribution in [0.2, 0.25) is 0 Å². The minimum atomic E-state index is -0.205. The summed E-state index contributed by atoms with van der Waals surface area (Å²) >= 11 is 0. The molecule has 1 saturated heterocycles. The van der Waals surface area contributed by atoms with E-state index in [-0.39, 0.29) is 24.9 Å². The number of benzene rings is 1. The summed E-state index contributed by atoms with van der Waals surface area (Å²) in [5.41, 5.74) is 0.968. The van der Waals surface area contributed by atoms with Gasteiger partial charge < -0.3 is 14.7 Å². The molecule has 2 fully saturated rings. The number of methoxy groups -OCH3 is 1. The van der Waals surface area contributed by atoms with Crippen molar-refractivity contribution < 1.29 is 14.6 Å². The van der Waals surface area contributed by atoms with Crippen LogP contribution in [0.3, 0.4) is 0 Å². The Labute approximate surface area is 126 Å². The van der Waals surface area contributed by atoms with E-state index in [2.05, 4.69) is 0 Å². The number of hydrogen-bond donors (Lipinski definition) is 1. The normalized spacial score (nSPS) is 28.0. The van der Waals surface area contributed by atoms with Crippen molar-refractivity contribution in [3.63, 3.8) is 0 Å². The number of β-lactam (4-membered cyclic amide) rings is 1. The summed E-state index contributed by atoms with van der Waals surface area (Å²) in [5, 5.41) is 9.56. The van der Waals surface area contributed by atoms with Gasteiger partial charge in [-0.05, 0) is 43.4 Å². The zero-order valence-electron chi connectivity index (χ0n) is 11.8. The van der Waals surface area contributed by atoms with Crippen LogP contribution in [-0.2, 0) is 11.3 Å². The van der Waals surface area contributed by atoms with Gasteiger partial charge in [0.1, 0.15) is 5.75 Å². The molecule has 4 heteroatoms. The monoisotopic (exact) mass is 291 g/mol. The van der Waals surface area contributed by atoms with Gasteiger partial charge in [0.15, 0.2) is 0 Å². The summed E-state index contributed by atoms with van der Waals surface area (Å²) in [6, 6.07) is 7.85. The van der Waals surface area contributed by atoms with Crippen LogP contribution < -0.4 is 4.74 Å². The summed E-state index contributed by atoms with van der Waals surface area (Å²) in [6.07, 6.45) is 3.01. The van der Waals surface area contributed by atoms with E-state index in [1.165, 1.54) is 0 Å². The van der Waals surface area contributed by atoms with E-state index in [1.54, 1.807) is 7.11 Å². The Hall–Kier alpha value is -1.55. The Kier molecular flexibility index (Phi) is 4.57. The molecular weight excluding hydrogens is 266 g/mol. The van der Waals surface area contributed by atoms with E-state index in [4.69, 9.17) is 4.74 Å². The molecule has 1 amide bonds. The zero-order valence-corrected chi connectivity index (χ0v) is 11.8. The molecule has 1 aromatic rings. The van der Waals surface area contributed by atoms with Crippen molar-refractivity contribution in [1.82, 2.24) is 4.90 Å². The zero-order chi connectivity index (χ0) is 14.2. The number of amides is 1. The van der Waals surface area contributed by atoms with Crippen LogP contribution in [0.25, 0.3) is 0 Å². The van der Waals surface area contributed by atoms with Gasteiger partial charge in [0, 0.05) is 13.1 Å². The lowest BCUT2D eigenvalue weighted by atomic mass is 9.67. The topological polar surface area (TPSA) is 49.8 Å². The van der Waals surface area contributed by atoms with Crippen molar-refractivity contribution in [3.05, 3.63) is 29.8 Å². The molecule has 116 valence electrons. The first kappa shape index (κ1) is 15.8. The fourth-order valence-corrected chi connectivity index (χ4v) is 3.36. The predicted molar refractivity (Wildman–Crippen MR) is 82.0 cm³/mol. The van der Waals surface area contributed by atoms with Gasteiger partial charge >= 0.3 is 0 Å². The molecule has 1 heterocycles. The van der Waals surface area contributed by atoms with Gasteiger partial charge in [-0.3, -0.25) is 4.79 Å². The SMILES string of the molecule is C.COc1ccc(CN2CC3(CCC(O)CC3)C2=O)cc1. The third kappa shape index (κ3) is 2.91. The Balaban J connectivity index is 0.00000161. The number of rotatable bonds is 3. The highest BCUT2D eigenvalue weighted by molar-refractivity contribution is 5.88. The van der Waals surface area contributed by atoms with Crippen LogP contribution >= 0.6 is 0 Å². The fraction of sp³-hybridized carbons (Fsp3) is 0.588. The second kappa shape index (κ2) is 6.06. The smallest absolute Gasteiger partial charge is 0.230 e. The Morgan fingerprint density at radius 2 is 1.90 bits per heavy atom. The second-order valence-corrected chi connectivity index (χ2v) is 6.02. The maximum Gasteiger partial charge on any atom is 0.230 e. The van der Waals surface area contributed by atoms with Crippen molar-refractivity contribution in [2.45, 2.75) is 45.8 Å². The van der Waals surface area contributed by atoms with Gasteiger partial charge in [-0.25, -0.2) is 0 Å². The maximum absolute atomic E-state index is 12.4. The van der Waals surface area contributed by atoms with Crippen LogP contribution in [0.4, 0.5) is 0 Å². The van der Waals surface area contributed by atoms with Crippen molar-refractivity contribution >= 4 is 5.91 Å². The lowest BCUT2D eigenvalue weighted by molar-refractivity contribution is -0.166. The van der Waals surface area contributed by atoms with Gasteiger partial charge in [-0.1, -0.05) is 19.6 Å². The molecule has 0 unspecified atom stereocenters. The largest absolute Gasteiger partial charge is 0.497 e. The van der Waals surface area contributed by atoms with Crippen molar-refractivity contribution in [1.29, 1.82) is 0 Å². The van der Waals surface area contributed by atoms with E-state index in [1.807, 2.05) is 29.2 Å². The third-order valence-electron chi connectivity index (χ3n) is 4.68. The molecule has 1 aliphatic heterocycles. The molecule has 0 radical (unpaired) electrons. The number of aliphatic hydroxyl groups is 1. The molecule has 3 rings (SSSR count). The average Bonchev–Trinajstić information content (AvgIpc) is 2.49. The summed E-state index contributed by atoms with van der Waals surface area (Å²) in [4.78, 5) is 14.3. The predicted octanol–water partition coefficient (Wildman–Crippen LogP) is 2.59. The van der Waals surface area contributed by atoms with Crippen LogP contribution in [0, 0.1) is 5.41 Å². The Bertz CT molecular complexity index is 489. The lowest BCUT2D eigenvalue weighted by Crippen LogP contribution is -2.62. The van der Waals surface area contributed by atoms with Gasteiger partial charge in [0.05, 0.1) is 18.6 Å². The van der Waals surface area contributed by atoms with E-state index >= 15 is 0 Å². The van der Waals surface area contributed by atoms with Gasteiger partial charge in [0.2, 0.25) is 5.91 Å². The van der Waals surface area contributed by atoms with E-state index in [9.17, 15) is 9.90 Å². The molecular formula is C17H25NO3. The first-order valence-electron chi connectivity index (χ1n) is 7.23. The molecule has 1 saturated carbocycles. The number of carbonyl (C=O) groups excluding carboxylic acids is 1. The van der Waals surface area contributed by atoms with E-state index < -0.39 is 0 Å². The van der Waals surface area contributed by atoms with E-state index in [0.717, 1.165) is 43.5 Å². The highest BCUT2D eigenvalue weighted by Crippen LogP contribution is 2.45. The molecule has 1 N–H and O–H groups in total. The van der Waals surface area contributed by atoms with Crippen LogP contribution in [-0.4, -0.2) is 35.7 Å². The number of carbonyl (C=O) groups is 1. The number of likely N-dealkylation sites (tertiary alicyclic amines) is 1. The number of hydrogen-bond acceptors (Lipinski definition) is 3. The summed E-state index contributed by atoms with van der Waals surface area (Å²) in [7, 11) is 1.65. The number of ether oxygens (including phenoxy) is 1. The van der Waals surface area contributed by atoms with Crippen LogP contribution in [0.5, 0.6) is 5.75 Å².